The lowest BCUT2D eigenvalue weighted by Gasteiger charge is -2.40. The number of likely N-dealkylation sites (N-methyl/N-ethyl adjacent to an activating group) is 1. The molecule has 0 radical (unpaired) electrons. The predicted octanol–water partition coefficient (Wildman–Crippen LogP) is 4.20. The Morgan fingerprint density at radius 1 is 1.02 bits per heavy atom. The minimum Gasteiger partial charge on any atom is -0.436 e. The summed E-state index contributed by atoms with van der Waals surface area (Å²) in [4.78, 5) is 51.0. The Morgan fingerprint density at radius 2 is 1.75 bits per heavy atom. The number of piperidine rings is 2. The SMILES string of the molecule is C#Cc1cc(C[C@@H](OC(=O)N2CCC(N3CCc4cscc4NC3=O)CC2)C(=O)N2CCC(N3CCCN(C)CC3)CC2)cc(Cl)c1N. The Balaban J connectivity index is 1.10. The second kappa shape index (κ2) is 15.4. The fourth-order valence-electron chi connectivity index (χ4n) is 7.45. The fourth-order valence-corrected chi connectivity index (χ4v) is 8.52. The van der Waals surface area contributed by atoms with Crippen molar-refractivity contribution in [1.29, 1.82) is 0 Å². The molecule has 11 nitrogen and oxygen atoms in total. The minimum atomic E-state index is -1.04. The molecule has 4 aliphatic rings. The van der Waals surface area contributed by atoms with Crippen LogP contribution in [0, 0.1) is 12.3 Å². The number of carbonyl (C=O) groups is 3. The molecule has 0 aliphatic carbocycles. The predicted molar refractivity (Wildman–Crippen MR) is 189 cm³/mol. The van der Waals surface area contributed by atoms with Gasteiger partial charge in [-0.3, -0.25) is 9.69 Å². The van der Waals surface area contributed by atoms with Gasteiger partial charge >= 0.3 is 12.1 Å². The smallest absolute Gasteiger partial charge is 0.410 e. The van der Waals surface area contributed by atoms with Crippen molar-refractivity contribution in [1.82, 2.24) is 24.5 Å². The van der Waals surface area contributed by atoms with E-state index in [1.807, 2.05) is 15.2 Å². The summed E-state index contributed by atoms with van der Waals surface area (Å²) in [7, 11) is 2.17. The van der Waals surface area contributed by atoms with E-state index in [2.05, 4.69) is 33.5 Å². The molecule has 5 heterocycles. The number of anilines is 2. The van der Waals surface area contributed by atoms with Gasteiger partial charge in [-0.2, -0.15) is 0 Å². The molecule has 0 spiro atoms. The Bertz CT molecular complexity index is 1530. The molecular weight excluding hydrogens is 650 g/mol. The zero-order valence-electron chi connectivity index (χ0n) is 27.7. The van der Waals surface area contributed by atoms with Crippen molar-refractivity contribution in [3.05, 3.63) is 44.6 Å². The monoisotopic (exact) mass is 695 g/mol. The minimum absolute atomic E-state index is 0.0177. The Hall–Kier alpha value is -3.50. The maximum atomic E-state index is 14.1. The number of carbonyl (C=O) groups excluding carboxylic acids is 3. The van der Waals surface area contributed by atoms with Crippen LogP contribution in [-0.4, -0.2) is 127 Å². The maximum Gasteiger partial charge on any atom is 0.410 e. The number of hydrogen-bond acceptors (Lipinski definition) is 8. The third kappa shape index (κ3) is 7.86. The summed E-state index contributed by atoms with van der Waals surface area (Å²) in [5, 5.41) is 7.39. The summed E-state index contributed by atoms with van der Waals surface area (Å²) in [6.45, 7) is 7.00. The molecule has 0 unspecified atom stereocenters. The highest BCUT2D eigenvalue weighted by Gasteiger charge is 2.36. The summed E-state index contributed by atoms with van der Waals surface area (Å²) >= 11 is 7.98. The molecule has 0 bridgehead atoms. The van der Waals surface area contributed by atoms with Gasteiger partial charge in [0.1, 0.15) is 0 Å². The third-order valence-electron chi connectivity index (χ3n) is 10.4. The molecule has 3 fully saturated rings. The number of terminal acetylenes is 1. The first-order valence-corrected chi connectivity index (χ1v) is 18.4. The second-order valence-corrected chi connectivity index (χ2v) is 14.6. The van der Waals surface area contributed by atoms with Crippen LogP contribution in [0.15, 0.2) is 22.9 Å². The molecule has 1 aromatic carbocycles. The number of likely N-dealkylation sites (tertiary alicyclic amines) is 2. The van der Waals surface area contributed by atoms with Gasteiger partial charge in [0, 0.05) is 75.3 Å². The third-order valence-corrected chi connectivity index (χ3v) is 11.5. The number of amides is 4. The van der Waals surface area contributed by atoms with Gasteiger partial charge in [0.05, 0.1) is 16.4 Å². The van der Waals surface area contributed by atoms with Crippen LogP contribution in [0.25, 0.3) is 0 Å². The summed E-state index contributed by atoms with van der Waals surface area (Å²) in [6, 6.07) is 3.78. The Labute approximate surface area is 292 Å². The highest BCUT2D eigenvalue weighted by atomic mass is 35.5. The number of thiophene rings is 1. The number of fused-ring (bicyclic) bond motifs is 1. The molecule has 1 atom stereocenters. The molecular formula is C35H46ClN7O4S. The number of rotatable bonds is 6. The van der Waals surface area contributed by atoms with Crippen LogP contribution in [0.3, 0.4) is 0 Å². The van der Waals surface area contributed by atoms with Crippen molar-refractivity contribution in [3.63, 3.8) is 0 Å². The van der Waals surface area contributed by atoms with E-state index in [4.69, 9.17) is 28.5 Å². The van der Waals surface area contributed by atoms with Crippen LogP contribution in [0.4, 0.5) is 21.0 Å². The standard InChI is InChI=1S/C35H46ClN7O4S/c1-3-25-19-24(20-29(36)32(25)37)21-31(33(44)41-12-6-27(7-13-41)40-11-4-10-39(2)17-18-40)47-35(46)42-14-8-28(9-15-42)43-16-5-26-22-48-23-30(26)38-34(43)45/h1,19-20,22-23,27-28,31H,4-18,21,37H2,2H3,(H,38,45)/t31-/m1/s1. The van der Waals surface area contributed by atoms with Crippen molar-refractivity contribution in [2.75, 3.05) is 77.0 Å². The zero-order chi connectivity index (χ0) is 33.8. The Kier molecular flexibility index (Phi) is 11.0. The number of nitrogens with zero attached hydrogens (tertiary/aromatic N) is 5. The van der Waals surface area contributed by atoms with Gasteiger partial charge in [-0.05, 0) is 87.3 Å². The average Bonchev–Trinajstić information content (AvgIpc) is 3.32. The van der Waals surface area contributed by atoms with Crippen molar-refractivity contribution < 1.29 is 19.1 Å². The number of halogens is 1. The highest BCUT2D eigenvalue weighted by molar-refractivity contribution is 7.08. The summed E-state index contributed by atoms with van der Waals surface area (Å²) in [5.74, 6) is 2.35. The molecule has 4 amide bonds. The van der Waals surface area contributed by atoms with Crippen LogP contribution >= 0.6 is 22.9 Å². The van der Waals surface area contributed by atoms with Gasteiger partial charge in [-0.25, -0.2) is 9.59 Å². The van der Waals surface area contributed by atoms with E-state index in [1.54, 1.807) is 28.4 Å². The number of ether oxygens (including phenoxy) is 1. The summed E-state index contributed by atoms with van der Waals surface area (Å²) < 4.78 is 6.04. The Morgan fingerprint density at radius 3 is 2.50 bits per heavy atom. The van der Waals surface area contributed by atoms with Crippen molar-refractivity contribution >= 4 is 52.3 Å². The molecule has 4 aliphatic heterocycles. The maximum absolute atomic E-state index is 14.1. The average molecular weight is 696 g/mol. The zero-order valence-corrected chi connectivity index (χ0v) is 29.2. The molecule has 6 rings (SSSR count). The van der Waals surface area contributed by atoms with Gasteiger partial charge < -0.3 is 35.4 Å². The molecule has 1 aromatic heterocycles. The van der Waals surface area contributed by atoms with E-state index >= 15 is 0 Å². The van der Waals surface area contributed by atoms with E-state index < -0.39 is 12.2 Å². The van der Waals surface area contributed by atoms with Crippen LogP contribution in [0.2, 0.25) is 5.02 Å². The number of urea groups is 1. The number of nitrogens with one attached hydrogen (secondary N) is 1. The fraction of sp³-hybridized carbons (Fsp3) is 0.571. The number of nitrogens with two attached hydrogens (primary N) is 1. The van der Waals surface area contributed by atoms with Crippen LogP contribution in [0.1, 0.15) is 48.8 Å². The lowest BCUT2D eigenvalue weighted by molar-refractivity contribution is -0.142. The van der Waals surface area contributed by atoms with E-state index in [0.29, 0.717) is 73.4 Å². The largest absolute Gasteiger partial charge is 0.436 e. The van der Waals surface area contributed by atoms with E-state index in [1.165, 1.54) is 0 Å². The second-order valence-electron chi connectivity index (χ2n) is 13.4. The molecule has 3 saturated heterocycles. The van der Waals surface area contributed by atoms with Crippen LogP contribution in [-0.2, 0) is 22.4 Å². The first kappa shape index (κ1) is 34.4. The lowest BCUT2D eigenvalue weighted by Crippen LogP contribution is -2.52. The highest BCUT2D eigenvalue weighted by Crippen LogP contribution is 2.29. The van der Waals surface area contributed by atoms with Crippen molar-refractivity contribution in [2.24, 2.45) is 0 Å². The first-order chi connectivity index (χ1) is 23.2. The van der Waals surface area contributed by atoms with Crippen molar-refractivity contribution in [2.45, 2.75) is 63.1 Å². The van der Waals surface area contributed by atoms with Gasteiger partial charge in [-0.1, -0.05) is 17.5 Å². The van der Waals surface area contributed by atoms with E-state index in [0.717, 1.165) is 63.1 Å². The van der Waals surface area contributed by atoms with Gasteiger partial charge in [0.25, 0.3) is 5.91 Å². The molecule has 13 heteroatoms. The summed E-state index contributed by atoms with van der Waals surface area (Å²) in [5.41, 5.74) is 9.53. The van der Waals surface area contributed by atoms with Gasteiger partial charge in [0.2, 0.25) is 0 Å². The van der Waals surface area contributed by atoms with Crippen LogP contribution in [0.5, 0.6) is 0 Å². The lowest BCUT2D eigenvalue weighted by atomic mass is 10.00. The molecule has 258 valence electrons. The molecule has 48 heavy (non-hydrogen) atoms. The summed E-state index contributed by atoms with van der Waals surface area (Å²) in [6.07, 6.45) is 9.21. The molecule has 3 N–H and O–H groups in total. The topological polar surface area (TPSA) is 115 Å². The number of hydrogen-bond donors (Lipinski definition) is 2. The first-order valence-electron chi connectivity index (χ1n) is 17.0. The quantitative estimate of drug-likeness (QED) is 0.344. The van der Waals surface area contributed by atoms with E-state index in [9.17, 15) is 14.4 Å². The van der Waals surface area contributed by atoms with Gasteiger partial charge in [0.15, 0.2) is 6.10 Å². The number of nitrogen functional groups attached to an aromatic ring is 1. The van der Waals surface area contributed by atoms with E-state index in [-0.39, 0.29) is 24.4 Å². The molecule has 2 aromatic rings. The van der Waals surface area contributed by atoms with Crippen LogP contribution < -0.4 is 11.1 Å². The molecule has 0 saturated carbocycles. The normalized spacial score (nSPS) is 21.1. The number of benzene rings is 1. The van der Waals surface area contributed by atoms with Gasteiger partial charge in [-0.15, -0.1) is 17.8 Å². The van der Waals surface area contributed by atoms with Crippen molar-refractivity contribution in [3.8, 4) is 12.3 Å².